The zero-order valence-electron chi connectivity index (χ0n) is 23.8. The highest BCUT2D eigenvalue weighted by Crippen LogP contribution is 2.72. The van der Waals surface area contributed by atoms with Crippen LogP contribution in [0.2, 0.25) is 0 Å². The van der Waals surface area contributed by atoms with Crippen LogP contribution in [0, 0.1) is 44.8 Å². The van der Waals surface area contributed by atoms with Gasteiger partial charge < -0.3 is 15.3 Å². The van der Waals surface area contributed by atoms with Crippen molar-refractivity contribution in [2.45, 2.75) is 119 Å². The average Bonchev–Trinajstić information content (AvgIpc) is 2.76. The Morgan fingerprint density at radius 1 is 1.03 bits per heavy atom. The van der Waals surface area contributed by atoms with Crippen LogP contribution in [0.4, 0.5) is 0 Å². The summed E-state index contributed by atoms with van der Waals surface area (Å²) in [6.07, 6.45) is 15.6. The minimum Gasteiger partial charge on any atom is -0.396 e. The lowest BCUT2D eigenvalue weighted by Crippen LogP contribution is -2.64. The monoisotopic (exact) mass is 486 g/mol. The smallest absolute Gasteiger partial charge is 0.0618 e. The highest BCUT2D eigenvalue weighted by Gasteiger charge is 2.66. The highest BCUT2D eigenvalue weighted by molar-refractivity contribution is 5.42. The molecule has 0 aliphatic heterocycles. The molecule has 4 aliphatic carbocycles. The van der Waals surface area contributed by atoms with E-state index in [9.17, 15) is 15.3 Å². The summed E-state index contributed by atoms with van der Waals surface area (Å²) in [6.45, 7) is 17.5. The van der Waals surface area contributed by atoms with Gasteiger partial charge in [-0.3, -0.25) is 0 Å². The minimum atomic E-state index is -0.400. The third-order valence-electron chi connectivity index (χ3n) is 12.0. The number of allylic oxidation sites excluding steroid dienone is 4. The molecule has 3 N–H and O–H groups in total. The van der Waals surface area contributed by atoms with E-state index in [0.29, 0.717) is 24.4 Å². The fraction of sp³-hybridized carbons (Fsp3) is 0.875. The molecule has 2 saturated carbocycles. The predicted molar refractivity (Wildman–Crippen MR) is 145 cm³/mol. The van der Waals surface area contributed by atoms with Gasteiger partial charge in [0.1, 0.15) is 0 Å². The predicted octanol–water partition coefficient (Wildman–Crippen LogP) is 7.06. The Morgan fingerprint density at radius 2 is 1.74 bits per heavy atom. The Hall–Kier alpha value is -0.640. The summed E-state index contributed by atoms with van der Waals surface area (Å²) in [5.74, 6) is 1.52. The number of unbranched alkanes of at least 4 members (excludes halogenated alkanes) is 1. The topological polar surface area (TPSA) is 60.7 Å². The van der Waals surface area contributed by atoms with Gasteiger partial charge in [0.25, 0.3) is 0 Å². The van der Waals surface area contributed by atoms with Crippen LogP contribution in [0.15, 0.2) is 23.3 Å². The molecule has 0 bridgehead atoms. The molecule has 3 heteroatoms. The number of fused-ring (bicyclic) bond motifs is 5. The molecule has 0 aromatic heterocycles. The molecule has 2 fully saturated rings. The largest absolute Gasteiger partial charge is 0.396 e. The molecule has 3 nitrogen and oxygen atoms in total. The maximum atomic E-state index is 10.9. The molecule has 0 saturated heterocycles. The lowest BCUT2D eigenvalue weighted by Gasteiger charge is -2.69. The summed E-state index contributed by atoms with van der Waals surface area (Å²) in [5, 5.41) is 30.6. The lowest BCUT2D eigenvalue weighted by atomic mass is 9.36. The van der Waals surface area contributed by atoms with E-state index in [-0.39, 0.29) is 28.3 Å². The first-order valence-corrected chi connectivity index (χ1v) is 14.6. The molecule has 200 valence electrons. The van der Waals surface area contributed by atoms with Crippen molar-refractivity contribution in [3.8, 4) is 0 Å². The van der Waals surface area contributed by atoms with E-state index in [0.717, 1.165) is 38.5 Å². The third-order valence-corrected chi connectivity index (χ3v) is 12.0. The molecule has 2 unspecified atom stereocenters. The molecule has 0 spiro atoms. The standard InChI is InChI=1S/C32H54O3/c1-22-18-23(20-28(2,3)14-8-9-17-33)24-10-11-26-29(4)15-13-27(35)30(5,21-34)25(29)12-16-31(26,6)32(24,7)19-22/h10-11,22,25-27,33-35H,8-9,12-21H2,1-7H3/t22-,25?,26?,27+,29+,30+,31-,32-/m1/s1. The maximum absolute atomic E-state index is 10.9. The second kappa shape index (κ2) is 9.28. The summed E-state index contributed by atoms with van der Waals surface area (Å²) in [6, 6.07) is 0. The fourth-order valence-electron chi connectivity index (χ4n) is 9.95. The van der Waals surface area contributed by atoms with E-state index in [2.05, 4.69) is 60.6 Å². The summed E-state index contributed by atoms with van der Waals surface area (Å²) in [4.78, 5) is 0. The van der Waals surface area contributed by atoms with Gasteiger partial charge in [0.05, 0.1) is 12.7 Å². The van der Waals surface area contributed by atoms with Crippen LogP contribution in [0.25, 0.3) is 0 Å². The Balaban J connectivity index is 1.74. The van der Waals surface area contributed by atoms with Crippen molar-refractivity contribution in [2.75, 3.05) is 13.2 Å². The zero-order chi connectivity index (χ0) is 25.9. The van der Waals surface area contributed by atoms with Crippen LogP contribution in [0.5, 0.6) is 0 Å². The van der Waals surface area contributed by atoms with Gasteiger partial charge in [0.2, 0.25) is 0 Å². The van der Waals surface area contributed by atoms with E-state index in [1.807, 2.05) is 0 Å². The summed E-state index contributed by atoms with van der Waals surface area (Å²) in [7, 11) is 0. The molecule has 0 amide bonds. The van der Waals surface area contributed by atoms with Crippen LogP contribution < -0.4 is 0 Å². The van der Waals surface area contributed by atoms with E-state index >= 15 is 0 Å². The van der Waals surface area contributed by atoms with Crippen molar-refractivity contribution < 1.29 is 15.3 Å². The average molecular weight is 487 g/mol. The van der Waals surface area contributed by atoms with Crippen molar-refractivity contribution in [1.29, 1.82) is 0 Å². The number of aliphatic hydroxyl groups excluding tert-OH is 3. The molecule has 0 aromatic rings. The molecule has 0 radical (unpaired) electrons. The number of hydrogen-bond donors (Lipinski definition) is 3. The van der Waals surface area contributed by atoms with E-state index in [1.165, 1.54) is 25.7 Å². The molecule has 0 aromatic carbocycles. The van der Waals surface area contributed by atoms with Gasteiger partial charge in [-0.2, -0.15) is 0 Å². The van der Waals surface area contributed by atoms with Gasteiger partial charge in [-0.25, -0.2) is 0 Å². The molecular formula is C32H54O3. The number of hydrogen-bond acceptors (Lipinski definition) is 3. The lowest BCUT2D eigenvalue weighted by molar-refractivity contribution is -0.197. The van der Waals surface area contributed by atoms with Crippen LogP contribution in [0.3, 0.4) is 0 Å². The van der Waals surface area contributed by atoms with Crippen molar-refractivity contribution in [3.63, 3.8) is 0 Å². The number of aliphatic hydroxyl groups is 3. The van der Waals surface area contributed by atoms with Gasteiger partial charge in [-0.1, -0.05) is 72.6 Å². The second-order valence-corrected chi connectivity index (χ2v) is 15.0. The van der Waals surface area contributed by atoms with E-state index < -0.39 is 11.5 Å². The quantitative estimate of drug-likeness (QED) is 0.338. The van der Waals surface area contributed by atoms with Gasteiger partial charge in [-0.05, 0) is 103 Å². The summed E-state index contributed by atoms with van der Waals surface area (Å²) in [5.41, 5.74) is 3.65. The normalized spacial score (nSPS) is 45.7. The Morgan fingerprint density at radius 3 is 2.40 bits per heavy atom. The molecule has 35 heavy (non-hydrogen) atoms. The number of rotatable bonds is 7. The first-order chi connectivity index (χ1) is 16.3. The molecule has 4 aliphatic rings. The first kappa shape index (κ1) is 27.4. The van der Waals surface area contributed by atoms with Crippen LogP contribution >= 0.6 is 0 Å². The van der Waals surface area contributed by atoms with Gasteiger partial charge in [0, 0.05) is 12.0 Å². The summed E-state index contributed by atoms with van der Waals surface area (Å²) < 4.78 is 0. The fourth-order valence-corrected chi connectivity index (χ4v) is 9.95. The van der Waals surface area contributed by atoms with Crippen molar-refractivity contribution in [3.05, 3.63) is 23.3 Å². The van der Waals surface area contributed by atoms with Crippen LogP contribution in [0.1, 0.15) is 113 Å². The zero-order valence-corrected chi connectivity index (χ0v) is 23.8. The van der Waals surface area contributed by atoms with Crippen molar-refractivity contribution in [2.24, 2.45) is 44.8 Å². The SMILES string of the molecule is C[C@@H]1CC(CC(C)(C)CCCCO)=C2C=CC3[C@@]4(C)CC[C@H](O)[C@@](C)(CO)C4CC[C@@]3(C)[C@]2(C)C1. The second-order valence-electron chi connectivity index (χ2n) is 15.0. The Kier molecular flexibility index (Phi) is 7.26. The van der Waals surface area contributed by atoms with Crippen molar-refractivity contribution >= 4 is 0 Å². The third kappa shape index (κ3) is 4.20. The molecule has 0 heterocycles. The van der Waals surface area contributed by atoms with E-state index in [1.54, 1.807) is 11.1 Å². The van der Waals surface area contributed by atoms with Crippen molar-refractivity contribution in [1.82, 2.24) is 0 Å². The molecule has 8 atom stereocenters. The summed E-state index contributed by atoms with van der Waals surface area (Å²) >= 11 is 0. The Bertz CT molecular complexity index is 857. The molecule has 4 rings (SSSR count). The van der Waals surface area contributed by atoms with Crippen LogP contribution in [-0.4, -0.2) is 34.6 Å². The highest BCUT2D eigenvalue weighted by atomic mass is 16.3. The minimum absolute atomic E-state index is 0.0799. The first-order valence-electron chi connectivity index (χ1n) is 14.6. The van der Waals surface area contributed by atoms with Gasteiger partial charge in [-0.15, -0.1) is 0 Å². The molecular weight excluding hydrogens is 432 g/mol. The van der Waals surface area contributed by atoms with Gasteiger partial charge >= 0.3 is 0 Å². The maximum Gasteiger partial charge on any atom is 0.0618 e. The Labute approximate surface area is 215 Å². The van der Waals surface area contributed by atoms with Crippen LogP contribution in [-0.2, 0) is 0 Å². The van der Waals surface area contributed by atoms with E-state index in [4.69, 9.17) is 0 Å². The van der Waals surface area contributed by atoms with Gasteiger partial charge in [0.15, 0.2) is 0 Å².